The first-order valence-electron chi connectivity index (χ1n) is 12.9. The maximum absolute atomic E-state index is 14.4. The van der Waals surface area contributed by atoms with Gasteiger partial charge in [0.05, 0.1) is 35.8 Å². The number of aliphatic hydroxyl groups excluding tert-OH is 1. The number of carbonyl (C=O) groups excluding carboxylic acids is 3. The Morgan fingerprint density at radius 2 is 2.03 bits per heavy atom. The smallest absolute Gasteiger partial charge is 0.310 e. The predicted octanol–water partition coefficient (Wildman–Crippen LogP) is 3.79. The fourth-order valence-corrected chi connectivity index (χ4v) is 9.68. The summed E-state index contributed by atoms with van der Waals surface area (Å²) >= 11 is 5.36. The molecule has 3 rings (SSSR count). The number of thioether (sulfide) groups is 1. The van der Waals surface area contributed by atoms with E-state index in [9.17, 15) is 19.5 Å². The van der Waals surface area contributed by atoms with Gasteiger partial charge in [0.25, 0.3) is 0 Å². The van der Waals surface area contributed by atoms with E-state index in [4.69, 9.17) is 4.74 Å². The Kier molecular flexibility index (Phi) is 9.09. The first kappa shape index (κ1) is 29.2. The van der Waals surface area contributed by atoms with Crippen molar-refractivity contribution in [2.24, 2.45) is 17.8 Å². The van der Waals surface area contributed by atoms with E-state index in [-0.39, 0.29) is 41.0 Å². The van der Waals surface area contributed by atoms with E-state index in [2.05, 4.69) is 29.1 Å². The van der Waals surface area contributed by atoms with Gasteiger partial charge in [-0.05, 0) is 39.5 Å². The van der Waals surface area contributed by atoms with Crippen molar-refractivity contribution in [3.05, 3.63) is 25.3 Å². The second-order valence-corrected chi connectivity index (χ2v) is 13.9. The minimum Gasteiger partial charge on any atom is -0.465 e. The lowest BCUT2D eigenvalue weighted by Gasteiger charge is -2.44. The van der Waals surface area contributed by atoms with Gasteiger partial charge in [0.15, 0.2) is 0 Å². The third-order valence-electron chi connectivity index (χ3n) is 8.03. The fraction of sp³-hybridized carbons (Fsp3) is 0.741. The first-order chi connectivity index (χ1) is 16.9. The van der Waals surface area contributed by atoms with E-state index in [1.54, 1.807) is 33.7 Å². The normalized spacial score (nSPS) is 32.7. The standard InChI is InChI=1S/C27H41BrN2O5S/c1-8-11-13-35-25(34)19-20-23(32)30(18(15-31)16(4)10-3)22(27(20)14-17(28)21(19)36-27)24(33)29(12-9-2)26(5,6)7/h8-9,16-22,31H,1-2,10-15H2,3-7H3/t16-,17?,18-,19+,20-,21+,22?,27?/m0/s1. The van der Waals surface area contributed by atoms with Crippen molar-refractivity contribution in [1.29, 1.82) is 0 Å². The van der Waals surface area contributed by atoms with Crippen LogP contribution in [0.4, 0.5) is 0 Å². The van der Waals surface area contributed by atoms with E-state index >= 15 is 0 Å². The zero-order valence-corrected chi connectivity index (χ0v) is 24.5. The summed E-state index contributed by atoms with van der Waals surface area (Å²) in [5, 5.41) is 10.3. The van der Waals surface area contributed by atoms with Crippen molar-refractivity contribution in [3.63, 3.8) is 0 Å². The van der Waals surface area contributed by atoms with Crippen LogP contribution in [0.15, 0.2) is 25.3 Å². The topological polar surface area (TPSA) is 87.2 Å². The summed E-state index contributed by atoms with van der Waals surface area (Å²) < 4.78 is 4.80. The number of likely N-dealkylation sites (tertiary alicyclic amines) is 1. The highest BCUT2D eigenvalue weighted by atomic mass is 79.9. The molecule has 0 radical (unpaired) electrons. The first-order valence-corrected chi connectivity index (χ1v) is 14.7. The molecule has 3 aliphatic rings. The number of rotatable bonds is 11. The van der Waals surface area contributed by atoms with Crippen molar-refractivity contribution >= 4 is 45.5 Å². The van der Waals surface area contributed by atoms with Gasteiger partial charge in [0.2, 0.25) is 11.8 Å². The van der Waals surface area contributed by atoms with Gasteiger partial charge in [0, 0.05) is 22.2 Å². The maximum Gasteiger partial charge on any atom is 0.310 e. The Morgan fingerprint density at radius 3 is 2.56 bits per heavy atom. The number of hydrogen-bond acceptors (Lipinski definition) is 6. The van der Waals surface area contributed by atoms with Crippen molar-refractivity contribution in [2.45, 2.75) is 86.3 Å². The zero-order valence-electron chi connectivity index (χ0n) is 22.1. The molecule has 0 aromatic heterocycles. The number of aliphatic hydroxyl groups is 1. The summed E-state index contributed by atoms with van der Waals surface area (Å²) in [5.41, 5.74) is -0.502. The molecule has 7 nitrogen and oxygen atoms in total. The van der Waals surface area contributed by atoms with Crippen LogP contribution in [0.2, 0.25) is 0 Å². The molecule has 3 aliphatic heterocycles. The quantitative estimate of drug-likeness (QED) is 0.172. The molecule has 3 unspecified atom stereocenters. The summed E-state index contributed by atoms with van der Waals surface area (Å²) in [5.74, 6) is -2.12. The van der Waals surface area contributed by atoms with Crippen molar-refractivity contribution in [2.75, 3.05) is 19.8 Å². The van der Waals surface area contributed by atoms with Gasteiger partial charge in [-0.25, -0.2) is 0 Å². The Labute approximate surface area is 228 Å². The molecule has 2 bridgehead atoms. The summed E-state index contributed by atoms with van der Waals surface area (Å²) in [6, 6.07) is -1.31. The van der Waals surface area contributed by atoms with Gasteiger partial charge in [0.1, 0.15) is 6.04 Å². The van der Waals surface area contributed by atoms with Gasteiger partial charge >= 0.3 is 5.97 Å². The average molecular weight is 586 g/mol. The minimum atomic E-state index is -0.790. The second kappa shape index (κ2) is 11.2. The fourth-order valence-electron chi connectivity index (χ4n) is 6.10. The number of amides is 2. The van der Waals surface area contributed by atoms with E-state index < -0.39 is 40.2 Å². The highest BCUT2D eigenvalue weighted by Gasteiger charge is 2.77. The van der Waals surface area contributed by atoms with Gasteiger partial charge in [-0.1, -0.05) is 48.4 Å². The summed E-state index contributed by atoms with van der Waals surface area (Å²) in [7, 11) is 0. The molecule has 0 aliphatic carbocycles. The monoisotopic (exact) mass is 584 g/mol. The van der Waals surface area contributed by atoms with Crippen LogP contribution in [0.3, 0.4) is 0 Å². The molecule has 0 aromatic carbocycles. The zero-order chi connectivity index (χ0) is 27.0. The van der Waals surface area contributed by atoms with Crippen LogP contribution >= 0.6 is 27.7 Å². The third-order valence-corrected chi connectivity index (χ3v) is 11.3. The van der Waals surface area contributed by atoms with E-state index in [1.807, 2.05) is 34.6 Å². The number of ether oxygens (including phenoxy) is 1. The summed E-state index contributed by atoms with van der Waals surface area (Å²) in [4.78, 5) is 45.4. The number of esters is 1. The summed E-state index contributed by atoms with van der Waals surface area (Å²) in [6.07, 6.45) is 5.25. The molecule has 1 spiro atoms. The predicted molar refractivity (Wildman–Crippen MR) is 147 cm³/mol. The highest BCUT2D eigenvalue weighted by molar-refractivity contribution is 9.09. The van der Waals surface area contributed by atoms with Crippen LogP contribution in [0, 0.1) is 17.8 Å². The lowest BCUT2D eigenvalue weighted by molar-refractivity contribution is -0.154. The lowest BCUT2D eigenvalue weighted by Crippen LogP contribution is -2.61. The molecule has 3 heterocycles. The van der Waals surface area contributed by atoms with Crippen LogP contribution in [0.5, 0.6) is 0 Å². The molecule has 0 aromatic rings. The van der Waals surface area contributed by atoms with E-state index in [0.717, 1.165) is 6.42 Å². The third kappa shape index (κ3) is 4.80. The molecule has 3 fully saturated rings. The molecular formula is C27H41BrN2O5S. The van der Waals surface area contributed by atoms with Gasteiger partial charge < -0.3 is 19.6 Å². The average Bonchev–Trinajstić information content (AvgIpc) is 3.40. The SMILES string of the molecule is C=CCCOC(=O)[C@H]1[C@@H]2SC3(CC2Br)C(C(=O)N(CC=C)C(C)(C)C)N([C@@H](CO)[C@@H](C)CC)C(=O)[C@H]13. The number of halogens is 1. The van der Waals surface area contributed by atoms with Gasteiger partial charge in [-0.3, -0.25) is 14.4 Å². The van der Waals surface area contributed by atoms with Gasteiger partial charge in [-0.15, -0.1) is 24.9 Å². The van der Waals surface area contributed by atoms with Crippen molar-refractivity contribution in [1.82, 2.24) is 9.80 Å². The van der Waals surface area contributed by atoms with Gasteiger partial charge in [-0.2, -0.15) is 0 Å². The number of carbonyl (C=O) groups is 3. The molecular weight excluding hydrogens is 544 g/mol. The molecule has 2 amide bonds. The second-order valence-electron chi connectivity index (χ2n) is 11.2. The molecule has 202 valence electrons. The Morgan fingerprint density at radius 1 is 1.36 bits per heavy atom. The Hall–Kier alpha value is -1.32. The van der Waals surface area contributed by atoms with Crippen LogP contribution in [-0.2, 0) is 19.1 Å². The minimum absolute atomic E-state index is 0.0214. The maximum atomic E-state index is 14.4. The van der Waals surface area contributed by atoms with Crippen molar-refractivity contribution in [3.8, 4) is 0 Å². The Bertz CT molecular complexity index is 892. The number of nitrogens with zero attached hydrogens (tertiary/aromatic N) is 2. The van der Waals surface area contributed by atoms with Crippen LogP contribution < -0.4 is 0 Å². The van der Waals surface area contributed by atoms with Crippen LogP contribution in [-0.4, -0.2) is 84.9 Å². The van der Waals surface area contributed by atoms with Crippen molar-refractivity contribution < 1.29 is 24.2 Å². The molecule has 9 heteroatoms. The van der Waals surface area contributed by atoms with E-state index in [1.165, 1.54) is 0 Å². The number of alkyl halides is 1. The molecule has 8 atom stereocenters. The van der Waals surface area contributed by atoms with Crippen LogP contribution in [0.25, 0.3) is 0 Å². The highest BCUT2D eigenvalue weighted by Crippen LogP contribution is 2.68. The number of fused-ring (bicyclic) bond motifs is 1. The molecule has 0 saturated carbocycles. The number of hydrogen-bond donors (Lipinski definition) is 1. The molecule has 1 N–H and O–H groups in total. The Balaban J connectivity index is 2.14. The molecule has 3 saturated heterocycles. The summed E-state index contributed by atoms with van der Waals surface area (Å²) in [6.45, 7) is 17.7. The lowest BCUT2D eigenvalue weighted by atomic mass is 9.71. The largest absolute Gasteiger partial charge is 0.465 e. The van der Waals surface area contributed by atoms with Crippen LogP contribution in [0.1, 0.15) is 53.9 Å². The van der Waals surface area contributed by atoms with E-state index in [0.29, 0.717) is 19.4 Å². The molecule has 36 heavy (non-hydrogen) atoms.